The lowest BCUT2D eigenvalue weighted by Crippen LogP contribution is -2.54. The van der Waals surface area contributed by atoms with Crippen molar-refractivity contribution in [2.24, 2.45) is 11.5 Å². The number of primary amides is 1. The lowest BCUT2D eigenvalue weighted by molar-refractivity contribution is -0.140. The van der Waals surface area contributed by atoms with E-state index >= 15 is 0 Å². The van der Waals surface area contributed by atoms with Gasteiger partial charge in [-0.1, -0.05) is 0 Å². The van der Waals surface area contributed by atoms with Crippen LogP contribution in [0.4, 0.5) is 0 Å². The van der Waals surface area contributed by atoms with Crippen molar-refractivity contribution >= 4 is 17.7 Å². The smallest absolute Gasteiger partial charge is 0.246 e. The second-order valence-corrected chi connectivity index (χ2v) is 5.20. The minimum Gasteiger partial charge on any atom is -0.368 e. The molecule has 1 aliphatic rings. The molecule has 0 saturated carbocycles. The Morgan fingerprint density at radius 2 is 2.27 bits per heavy atom. The summed E-state index contributed by atoms with van der Waals surface area (Å²) < 4.78 is 0. The lowest BCUT2D eigenvalue weighted by atomic mass is 10.1. The van der Waals surface area contributed by atoms with Crippen molar-refractivity contribution in [3.05, 3.63) is 18.2 Å². The Bertz CT molecular complexity index is 544. The Morgan fingerprint density at radius 3 is 2.86 bits per heavy atom. The van der Waals surface area contributed by atoms with Crippen LogP contribution in [0.1, 0.15) is 18.5 Å². The first kappa shape index (κ1) is 16.0. The van der Waals surface area contributed by atoms with Gasteiger partial charge in [-0.25, -0.2) is 4.98 Å². The number of nitrogens with one attached hydrogen (secondary N) is 2. The Kier molecular flexibility index (Phi) is 5.10. The summed E-state index contributed by atoms with van der Waals surface area (Å²) >= 11 is 0. The molecule has 9 nitrogen and oxygen atoms in total. The molecular formula is C13H20N6O3. The third-order valence-electron chi connectivity index (χ3n) is 3.66. The highest BCUT2D eigenvalue weighted by Crippen LogP contribution is 2.18. The van der Waals surface area contributed by atoms with Gasteiger partial charge in [-0.2, -0.15) is 0 Å². The van der Waals surface area contributed by atoms with Gasteiger partial charge >= 0.3 is 0 Å². The van der Waals surface area contributed by atoms with Gasteiger partial charge in [0.05, 0.1) is 12.9 Å². The van der Waals surface area contributed by atoms with Gasteiger partial charge in [-0.15, -0.1) is 0 Å². The van der Waals surface area contributed by atoms with E-state index in [1.165, 1.54) is 11.2 Å². The fourth-order valence-corrected chi connectivity index (χ4v) is 2.60. The number of hydrogen-bond acceptors (Lipinski definition) is 5. The summed E-state index contributed by atoms with van der Waals surface area (Å²) in [6.45, 7) is 0.233. The van der Waals surface area contributed by atoms with Gasteiger partial charge in [0.15, 0.2) is 0 Å². The minimum atomic E-state index is -0.809. The van der Waals surface area contributed by atoms with Gasteiger partial charge in [0.2, 0.25) is 17.7 Å². The molecule has 22 heavy (non-hydrogen) atoms. The van der Waals surface area contributed by atoms with Crippen LogP contribution in [0.15, 0.2) is 12.5 Å². The standard InChI is InChI=1S/C13H20N6O3/c14-5-11(20)18-9(4-8-6-16-7-17-8)13(22)19-3-1-2-10(19)12(15)21/h6-7,9-10H,1-5,14H2,(H2,15,21)(H,16,17)(H,18,20)/t9-,10-/m0/s1. The van der Waals surface area contributed by atoms with Crippen LogP contribution >= 0.6 is 0 Å². The molecule has 6 N–H and O–H groups in total. The van der Waals surface area contributed by atoms with Gasteiger partial charge in [-0.3, -0.25) is 14.4 Å². The Labute approximate surface area is 127 Å². The minimum absolute atomic E-state index is 0.216. The quantitative estimate of drug-likeness (QED) is 0.474. The number of likely N-dealkylation sites (tertiary alicyclic amines) is 1. The summed E-state index contributed by atoms with van der Waals surface area (Å²) in [6.07, 6.45) is 4.56. The molecule has 0 bridgehead atoms. The largest absolute Gasteiger partial charge is 0.368 e. The molecule has 120 valence electrons. The zero-order valence-electron chi connectivity index (χ0n) is 12.1. The Morgan fingerprint density at radius 1 is 1.50 bits per heavy atom. The molecular weight excluding hydrogens is 288 g/mol. The first-order valence-corrected chi connectivity index (χ1v) is 7.09. The number of nitrogens with two attached hydrogens (primary N) is 2. The van der Waals surface area contributed by atoms with Crippen LogP contribution in [0, 0.1) is 0 Å². The van der Waals surface area contributed by atoms with Crippen LogP contribution < -0.4 is 16.8 Å². The van der Waals surface area contributed by atoms with Crippen molar-refractivity contribution < 1.29 is 14.4 Å². The van der Waals surface area contributed by atoms with Crippen molar-refractivity contribution in [1.29, 1.82) is 0 Å². The van der Waals surface area contributed by atoms with Crippen LogP contribution in [0.3, 0.4) is 0 Å². The first-order valence-electron chi connectivity index (χ1n) is 7.09. The van der Waals surface area contributed by atoms with Gasteiger partial charge in [0.25, 0.3) is 0 Å². The summed E-state index contributed by atoms with van der Waals surface area (Å²) in [5.74, 6) is -1.30. The summed E-state index contributed by atoms with van der Waals surface area (Å²) in [5, 5.41) is 2.59. The van der Waals surface area contributed by atoms with Crippen molar-refractivity contribution in [2.45, 2.75) is 31.3 Å². The second kappa shape index (κ2) is 7.03. The summed E-state index contributed by atoms with van der Waals surface area (Å²) in [6, 6.07) is -1.43. The summed E-state index contributed by atoms with van der Waals surface area (Å²) in [5.41, 5.74) is 11.3. The fourth-order valence-electron chi connectivity index (χ4n) is 2.60. The SMILES string of the molecule is NCC(=O)N[C@@H](Cc1cnc[nH]1)C(=O)N1CCC[C@H]1C(N)=O. The van der Waals surface area contributed by atoms with E-state index in [-0.39, 0.29) is 18.9 Å². The van der Waals surface area contributed by atoms with Crippen molar-refractivity contribution in [3.63, 3.8) is 0 Å². The van der Waals surface area contributed by atoms with E-state index in [1.54, 1.807) is 6.20 Å². The van der Waals surface area contributed by atoms with E-state index in [2.05, 4.69) is 15.3 Å². The molecule has 1 saturated heterocycles. The molecule has 0 aromatic carbocycles. The van der Waals surface area contributed by atoms with E-state index in [9.17, 15) is 14.4 Å². The number of nitrogens with zero attached hydrogens (tertiary/aromatic N) is 2. The highest BCUT2D eigenvalue weighted by molar-refractivity contribution is 5.92. The van der Waals surface area contributed by atoms with Crippen LogP contribution in [0.2, 0.25) is 0 Å². The van der Waals surface area contributed by atoms with Gasteiger partial charge in [0, 0.05) is 24.9 Å². The van der Waals surface area contributed by atoms with Gasteiger partial charge < -0.3 is 26.7 Å². The molecule has 0 spiro atoms. The predicted octanol–water partition coefficient (Wildman–Crippen LogP) is -2.13. The highest BCUT2D eigenvalue weighted by atomic mass is 16.2. The van der Waals surface area contributed by atoms with Gasteiger partial charge in [0.1, 0.15) is 12.1 Å². The lowest BCUT2D eigenvalue weighted by Gasteiger charge is -2.27. The number of hydrogen-bond donors (Lipinski definition) is 4. The maximum atomic E-state index is 12.7. The average Bonchev–Trinajstić information content (AvgIpc) is 3.16. The van der Waals surface area contributed by atoms with E-state index in [0.29, 0.717) is 25.1 Å². The molecule has 0 aliphatic carbocycles. The molecule has 9 heteroatoms. The third kappa shape index (κ3) is 3.61. The van der Waals surface area contributed by atoms with E-state index in [4.69, 9.17) is 11.5 Å². The summed E-state index contributed by atoms with van der Waals surface area (Å²) in [4.78, 5) is 43.9. The number of amides is 3. The number of imidazole rings is 1. The normalized spacial score (nSPS) is 19.0. The van der Waals surface area contributed by atoms with E-state index in [0.717, 1.165) is 0 Å². The molecule has 3 amide bonds. The number of H-pyrrole nitrogens is 1. The molecule has 2 atom stereocenters. The topological polar surface area (TPSA) is 147 Å². The zero-order valence-corrected chi connectivity index (χ0v) is 12.1. The molecule has 1 fully saturated rings. The molecule has 0 radical (unpaired) electrons. The van der Waals surface area contributed by atoms with Gasteiger partial charge in [-0.05, 0) is 12.8 Å². The number of carbonyl (C=O) groups excluding carboxylic acids is 3. The van der Waals surface area contributed by atoms with E-state index < -0.39 is 23.9 Å². The Balaban J connectivity index is 2.14. The Hall–Kier alpha value is -2.42. The van der Waals surface area contributed by atoms with Crippen LogP contribution in [-0.2, 0) is 20.8 Å². The maximum Gasteiger partial charge on any atom is 0.246 e. The maximum absolute atomic E-state index is 12.7. The monoisotopic (exact) mass is 308 g/mol. The van der Waals surface area contributed by atoms with Crippen molar-refractivity contribution in [3.8, 4) is 0 Å². The number of aromatic amines is 1. The number of aromatic nitrogens is 2. The van der Waals surface area contributed by atoms with Crippen molar-refractivity contribution in [1.82, 2.24) is 20.2 Å². The summed E-state index contributed by atoms with van der Waals surface area (Å²) in [7, 11) is 0. The second-order valence-electron chi connectivity index (χ2n) is 5.20. The average molecular weight is 308 g/mol. The molecule has 2 rings (SSSR count). The number of rotatable bonds is 6. The van der Waals surface area contributed by atoms with Crippen LogP contribution in [0.5, 0.6) is 0 Å². The third-order valence-corrected chi connectivity index (χ3v) is 3.66. The van der Waals surface area contributed by atoms with E-state index in [1.807, 2.05) is 0 Å². The predicted molar refractivity (Wildman–Crippen MR) is 77.2 cm³/mol. The van der Waals surface area contributed by atoms with Crippen LogP contribution in [0.25, 0.3) is 0 Å². The van der Waals surface area contributed by atoms with Crippen molar-refractivity contribution in [2.75, 3.05) is 13.1 Å². The number of carbonyl (C=O) groups is 3. The first-order chi connectivity index (χ1) is 10.5. The molecule has 1 aromatic heterocycles. The highest BCUT2D eigenvalue weighted by Gasteiger charge is 2.36. The molecule has 1 aromatic rings. The molecule has 0 unspecified atom stereocenters. The molecule has 1 aliphatic heterocycles. The fraction of sp³-hybridized carbons (Fsp3) is 0.538. The molecule has 2 heterocycles. The zero-order chi connectivity index (χ0) is 16.1. The van der Waals surface area contributed by atoms with Crippen LogP contribution in [-0.4, -0.2) is 57.8 Å².